The number of hydrogen-bond donors (Lipinski definition) is 1. The number of nitrogens with one attached hydrogen (secondary N) is 1. The molecule has 1 aliphatic heterocycles. The molecule has 2 heterocycles. The molecular weight excluding hydrogens is 310 g/mol. The Kier molecular flexibility index (Phi) is 6.56. The van der Waals surface area contributed by atoms with Crippen LogP contribution in [0.1, 0.15) is 44.2 Å². The van der Waals surface area contributed by atoms with Crippen molar-refractivity contribution in [3.8, 4) is 0 Å². The van der Waals surface area contributed by atoms with Crippen LogP contribution in [0.5, 0.6) is 0 Å². The number of amides is 1. The summed E-state index contributed by atoms with van der Waals surface area (Å²) in [6, 6.07) is -0.134. The molecule has 0 radical (unpaired) electrons. The van der Waals surface area contributed by atoms with Crippen LogP contribution in [-0.4, -0.2) is 47.6 Å². The summed E-state index contributed by atoms with van der Waals surface area (Å²) in [6.45, 7) is 12.9. The summed E-state index contributed by atoms with van der Waals surface area (Å²) in [5.41, 5.74) is 0.987. The van der Waals surface area contributed by atoms with E-state index in [-0.39, 0.29) is 11.9 Å². The number of rotatable bonds is 6. The van der Waals surface area contributed by atoms with Gasteiger partial charge < -0.3 is 10.1 Å². The highest BCUT2D eigenvalue weighted by atomic mass is 32.1. The molecule has 130 valence electrons. The lowest BCUT2D eigenvalue weighted by Gasteiger charge is -2.35. The van der Waals surface area contributed by atoms with Gasteiger partial charge in [-0.1, -0.05) is 13.8 Å². The van der Waals surface area contributed by atoms with Gasteiger partial charge in [0.15, 0.2) is 5.13 Å². The molecular formula is C17H29N3O2S. The third kappa shape index (κ3) is 5.26. The Labute approximate surface area is 143 Å². The molecule has 6 heteroatoms. The van der Waals surface area contributed by atoms with Gasteiger partial charge in [-0.3, -0.25) is 9.69 Å². The fraction of sp³-hybridized carbons (Fsp3) is 0.765. The lowest BCUT2D eigenvalue weighted by molar-refractivity contribution is -0.122. The fourth-order valence-electron chi connectivity index (χ4n) is 2.66. The average Bonchev–Trinajstić information content (AvgIpc) is 2.82. The van der Waals surface area contributed by atoms with Crippen LogP contribution in [0.25, 0.3) is 0 Å². The lowest BCUT2D eigenvalue weighted by Crippen LogP contribution is -2.47. The number of aryl methyl sites for hydroxylation is 2. The first-order chi connectivity index (χ1) is 10.9. The maximum Gasteiger partial charge on any atom is 0.243 e. The lowest BCUT2D eigenvalue weighted by atomic mass is 10.1. The Morgan fingerprint density at radius 2 is 2.00 bits per heavy atom. The van der Waals surface area contributed by atoms with Crippen LogP contribution in [0.3, 0.4) is 0 Å². The molecule has 0 aliphatic carbocycles. The van der Waals surface area contributed by atoms with Gasteiger partial charge in [-0.25, -0.2) is 4.98 Å². The van der Waals surface area contributed by atoms with E-state index < -0.39 is 0 Å². The van der Waals surface area contributed by atoms with E-state index in [9.17, 15) is 4.79 Å². The normalized spacial score (nSPS) is 18.3. The van der Waals surface area contributed by atoms with E-state index in [1.54, 1.807) is 0 Å². The van der Waals surface area contributed by atoms with Crippen LogP contribution in [0.15, 0.2) is 0 Å². The molecule has 1 aliphatic rings. The molecule has 1 atom stereocenters. The molecule has 1 fully saturated rings. The van der Waals surface area contributed by atoms with Crippen molar-refractivity contribution in [3.63, 3.8) is 0 Å². The van der Waals surface area contributed by atoms with Crippen molar-refractivity contribution in [1.82, 2.24) is 9.88 Å². The number of piperidine rings is 1. The molecule has 1 saturated heterocycles. The van der Waals surface area contributed by atoms with Gasteiger partial charge in [0.25, 0.3) is 0 Å². The van der Waals surface area contributed by atoms with Gasteiger partial charge in [0, 0.05) is 24.6 Å². The standard InChI is InChI=1S/C17H29N3O2S/c1-11(2)10-22-15-6-8-20(9-7-15)13(4)16(21)19-17-18-12(3)14(5)23-17/h11,13,15H,6-10H2,1-5H3,(H,18,19,21)/t13-/m0/s1. The zero-order valence-electron chi connectivity index (χ0n) is 14.9. The number of thiazole rings is 1. The van der Waals surface area contributed by atoms with Gasteiger partial charge in [-0.2, -0.15) is 0 Å². The number of carbonyl (C=O) groups excluding carboxylic acids is 1. The summed E-state index contributed by atoms with van der Waals surface area (Å²) in [6.07, 6.45) is 2.34. The molecule has 0 spiro atoms. The van der Waals surface area contributed by atoms with Crippen LogP contribution in [0, 0.1) is 19.8 Å². The highest BCUT2D eigenvalue weighted by Crippen LogP contribution is 2.22. The minimum Gasteiger partial charge on any atom is -0.378 e. The van der Waals surface area contributed by atoms with Crippen molar-refractivity contribution in [1.29, 1.82) is 0 Å². The van der Waals surface area contributed by atoms with Gasteiger partial charge in [0.1, 0.15) is 0 Å². The minimum absolute atomic E-state index is 0.0281. The molecule has 23 heavy (non-hydrogen) atoms. The Morgan fingerprint density at radius 1 is 1.35 bits per heavy atom. The second-order valence-corrected chi connectivity index (χ2v) is 7.99. The van der Waals surface area contributed by atoms with Crippen molar-refractivity contribution in [2.45, 2.75) is 59.6 Å². The van der Waals surface area contributed by atoms with E-state index in [1.165, 1.54) is 11.3 Å². The maximum atomic E-state index is 12.4. The van der Waals surface area contributed by atoms with Crippen LogP contribution in [-0.2, 0) is 9.53 Å². The zero-order chi connectivity index (χ0) is 17.0. The summed E-state index contributed by atoms with van der Waals surface area (Å²) in [5, 5.41) is 3.65. The van der Waals surface area contributed by atoms with Crippen LogP contribution in [0.2, 0.25) is 0 Å². The van der Waals surface area contributed by atoms with Crippen molar-refractivity contribution >= 4 is 22.4 Å². The molecule has 0 bridgehead atoms. The van der Waals surface area contributed by atoms with Crippen LogP contribution < -0.4 is 5.32 Å². The zero-order valence-corrected chi connectivity index (χ0v) is 15.7. The van der Waals surface area contributed by atoms with Gasteiger partial charge in [0.2, 0.25) is 5.91 Å². The number of anilines is 1. The van der Waals surface area contributed by atoms with E-state index in [2.05, 4.69) is 29.0 Å². The molecule has 1 amide bonds. The largest absolute Gasteiger partial charge is 0.378 e. The van der Waals surface area contributed by atoms with E-state index in [1.807, 2.05) is 20.8 Å². The van der Waals surface area contributed by atoms with E-state index in [0.29, 0.717) is 17.2 Å². The highest BCUT2D eigenvalue weighted by molar-refractivity contribution is 7.15. The van der Waals surface area contributed by atoms with Gasteiger partial charge >= 0.3 is 0 Å². The second-order valence-electron chi connectivity index (χ2n) is 6.79. The number of hydrogen-bond acceptors (Lipinski definition) is 5. The third-order valence-electron chi connectivity index (χ3n) is 4.33. The Hall–Kier alpha value is -0.980. The summed E-state index contributed by atoms with van der Waals surface area (Å²) < 4.78 is 5.91. The summed E-state index contributed by atoms with van der Waals surface area (Å²) in [7, 11) is 0. The highest BCUT2D eigenvalue weighted by Gasteiger charge is 2.27. The predicted molar refractivity (Wildman–Crippen MR) is 95.1 cm³/mol. The SMILES string of the molecule is Cc1nc(NC(=O)[C@H](C)N2CCC(OCC(C)C)CC2)sc1C. The van der Waals surface area contributed by atoms with Gasteiger partial charge in [-0.15, -0.1) is 11.3 Å². The van der Waals surface area contributed by atoms with Crippen LogP contribution in [0.4, 0.5) is 5.13 Å². The smallest absolute Gasteiger partial charge is 0.243 e. The number of aromatic nitrogens is 1. The molecule has 1 N–H and O–H groups in total. The van der Waals surface area contributed by atoms with Crippen molar-refractivity contribution < 1.29 is 9.53 Å². The minimum atomic E-state index is -0.134. The predicted octanol–water partition coefficient (Wildman–Crippen LogP) is 3.22. The Balaban J connectivity index is 1.79. The number of likely N-dealkylation sites (tertiary alicyclic amines) is 1. The first-order valence-electron chi connectivity index (χ1n) is 8.47. The molecule has 0 unspecified atom stereocenters. The topological polar surface area (TPSA) is 54.5 Å². The summed E-state index contributed by atoms with van der Waals surface area (Å²) in [5.74, 6) is 0.600. The molecule has 2 rings (SSSR count). The number of carbonyl (C=O) groups is 1. The number of nitrogens with zero attached hydrogens (tertiary/aromatic N) is 2. The van der Waals surface area contributed by atoms with Crippen molar-refractivity contribution in [3.05, 3.63) is 10.6 Å². The summed E-state index contributed by atoms with van der Waals surface area (Å²) in [4.78, 5) is 20.2. The van der Waals surface area contributed by atoms with Crippen molar-refractivity contribution in [2.24, 2.45) is 5.92 Å². The van der Waals surface area contributed by atoms with Crippen molar-refractivity contribution in [2.75, 3.05) is 25.0 Å². The van der Waals surface area contributed by atoms with Crippen LogP contribution >= 0.6 is 11.3 Å². The van der Waals surface area contributed by atoms with Gasteiger partial charge in [-0.05, 0) is 39.5 Å². The second kappa shape index (κ2) is 8.22. The molecule has 0 aromatic carbocycles. The molecule has 0 saturated carbocycles. The quantitative estimate of drug-likeness (QED) is 0.864. The van der Waals surface area contributed by atoms with E-state index in [4.69, 9.17) is 4.74 Å². The summed E-state index contributed by atoms with van der Waals surface area (Å²) >= 11 is 1.53. The molecule has 1 aromatic rings. The first kappa shape index (κ1) is 18.4. The Bertz CT molecular complexity index is 502. The van der Waals surface area contributed by atoms with Gasteiger partial charge in [0.05, 0.1) is 17.8 Å². The van der Waals surface area contributed by atoms with E-state index >= 15 is 0 Å². The monoisotopic (exact) mass is 339 g/mol. The van der Waals surface area contributed by atoms with E-state index in [0.717, 1.165) is 43.1 Å². The maximum absolute atomic E-state index is 12.4. The average molecular weight is 340 g/mol. The Morgan fingerprint density at radius 3 is 2.52 bits per heavy atom. The molecule has 1 aromatic heterocycles. The fourth-order valence-corrected chi connectivity index (χ4v) is 3.48. The third-order valence-corrected chi connectivity index (χ3v) is 5.32. The number of ether oxygens (including phenoxy) is 1. The molecule has 5 nitrogen and oxygen atoms in total. The first-order valence-corrected chi connectivity index (χ1v) is 9.29.